The Morgan fingerprint density at radius 1 is 1.30 bits per heavy atom. The number of aliphatic imine (C=N–C) groups is 1. The normalized spacial score (nSPS) is 28.7. The lowest BCUT2D eigenvalue weighted by Gasteiger charge is -2.16. The molecule has 1 aliphatic carbocycles. The summed E-state index contributed by atoms with van der Waals surface area (Å²) in [5, 5.41) is 6.55. The van der Waals surface area contributed by atoms with E-state index in [0.29, 0.717) is 24.2 Å². The molecule has 3 rings (SSSR count). The predicted molar refractivity (Wildman–Crippen MR) is 104 cm³/mol. The van der Waals surface area contributed by atoms with Gasteiger partial charge >= 0.3 is 0 Å². The van der Waals surface area contributed by atoms with Gasteiger partial charge in [0.2, 0.25) is 0 Å². The lowest BCUT2D eigenvalue weighted by atomic mass is 10.1. The molecule has 1 aliphatic heterocycles. The van der Waals surface area contributed by atoms with Gasteiger partial charge in [-0.15, -0.1) is 24.0 Å². The number of nitrogens with zero attached hydrogens (tertiary/aromatic N) is 1. The zero-order chi connectivity index (χ0) is 15.6. The Morgan fingerprint density at radius 3 is 2.65 bits per heavy atom. The van der Waals surface area contributed by atoms with Gasteiger partial charge in [0.05, 0.1) is 11.5 Å². The molecule has 3 unspecified atom stereocenters. The van der Waals surface area contributed by atoms with Crippen molar-refractivity contribution in [1.29, 1.82) is 0 Å². The maximum Gasteiger partial charge on any atom is 0.191 e. The number of nitrogens with one attached hydrogen (secondary N) is 2. The molecule has 2 N–H and O–H groups in total. The highest BCUT2D eigenvalue weighted by atomic mass is 127. The zero-order valence-electron chi connectivity index (χ0n) is 13.2. The van der Waals surface area contributed by atoms with Crippen molar-refractivity contribution in [3.63, 3.8) is 0 Å². The molecule has 1 heterocycles. The number of halogens is 1. The number of hydrogen-bond donors (Lipinski definition) is 2. The second-order valence-electron chi connectivity index (χ2n) is 6.21. The highest BCUT2D eigenvalue weighted by Gasteiger charge is 2.38. The summed E-state index contributed by atoms with van der Waals surface area (Å²) in [7, 11) is -1.14. The average Bonchev–Trinajstić information content (AvgIpc) is 3.21. The van der Waals surface area contributed by atoms with Gasteiger partial charge < -0.3 is 10.6 Å². The number of sulfone groups is 1. The molecule has 2 aliphatic rings. The Bertz CT molecular complexity index is 649. The van der Waals surface area contributed by atoms with Crippen LogP contribution in [0.25, 0.3) is 0 Å². The average molecular weight is 449 g/mol. The Labute approximate surface area is 155 Å². The lowest BCUT2D eigenvalue weighted by Crippen LogP contribution is -2.44. The van der Waals surface area contributed by atoms with Crippen molar-refractivity contribution >= 4 is 39.8 Å². The minimum Gasteiger partial charge on any atom is -0.356 e. The molecule has 1 saturated carbocycles. The van der Waals surface area contributed by atoms with Crippen LogP contribution in [0.3, 0.4) is 0 Å². The molecule has 0 radical (unpaired) electrons. The summed E-state index contributed by atoms with van der Waals surface area (Å²) in [5.74, 6) is 2.47. The van der Waals surface area contributed by atoms with E-state index in [0.717, 1.165) is 6.54 Å². The van der Waals surface area contributed by atoms with Gasteiger partial charge in [-0.05, 0) is 30.2 Å². The minimum absolute atomic E-state index is 0. The largest absolute Gasteiger partial charge is 0.356 e. The molecule has 0 bridgehead atoms. The van der Waals surface area contributed by atoms with Gasteiger partial charge in [0, 0.05) is 19.6 Å². The Kier molecular flexibility index (Phi) is 6.30. The van der Waals surface area contributed by atoms with Crippen LogP contribution in [0, 0.1) is 5.92 Å². The summed E-state index contributed by atoms with van der Waals surface area (Å²) in [6.45, 7) is 0.874. The third kappa shape index (κ3) is 5.07. The highest BCUT2D eigenvalue weighted by Crippen LogP contribution is 2.46. The second-order valence-corrected chi connectivity index (χ2v) is 8.44. The first-order valence-electron chi connectivity index (χ1n) is 7.80. The fourth-order valence-electron chi connectivity index (χ4n) is 3.11. The van der Waals surface area contributed by atoms with Crippen LogP contribution < -0.4 is 10.6 Å². The van der Waals surface area contributed by atoms with Gasteiger partial charge in [0.25, 0.3) is 0 Å². The zero-order valence-corrected chi connectivity index (χ0v) is 16.4. The maximum absolute atomic E-state index is 11.5. The van der Waals surface area contributed by atoms with Crippen LogP contribution >= 0.6 is 24.0 Å². The van der Waals surface area contributed by atoms with E-state index in [9.17, 15) is 8.42 Å². The summed E-state index contributed by atoms with van der Waals surface area (Å²) < 4.78 is 23.0. The summed E-state index contributed by atoms with van der Waals surface area (Å²) >= 11 is 0. The number of benzene rings is 1. The van der Waals surface area contributed by atoms with Crippen molar-refractivity contribution in [2.75, 3.05) is 25.1 Å². The van der Waals surface area contributed by atoms with Crippen LogP contribution in [0.2, 0.25) is 0 Å². The molecule has 0 spiro atoms. The minimum atomic E-state index is -2.86. The molecular weight excluding hydrogens is 425 g/mol. The summed E-state index contributed by atoms with van der Waals surface area (Å²) in [5.41, 5.74) is 1.40. The quantitative estimate of drug-likeness (QED) is 0.418. The molecule has 128 valence electrons. The van der Waals surface area contributed by atoms with Crippen molar-refractivity contribution in [3.8, 4) is 0 Å². The van der Waals surface area contributed by atoms with E-state index in [1.165, 1.54) is 12.0 Å². The first-order valence-corrected chi connectivity index (χ1v) is 9.62. The Hall–Kier alpha value is -0.830. The van der Waals surface area contributed by atoms with Gasteiger partial charge in [-0.25, -0.2) is 8.42 Å². The van der Waals surface area contributed by atoms with Crippen molar-refractivity contribution in [2.24, 2.45) is 10.9 Å². The van der Waals surface area contributed by atoms with Gasteiger partial charge in [-0.1, -0.05) is 30.3 Å². The predicted octanol–water partition coefficient (Wildman–Crippen LogP) is 1.76. The molecule has 23 heavy (non-hydrogen) atoms. The molecule has 7 heteroatoms. The second kappa shape index (κ2) is 7.83. The van der Waals surface area contributed by atoms with E-state index >= 15 is 0 Å². The molecule has 2 fully saturated rings. The third-order valence-corrected chi connectivity index (χ3v) is 6.25. The van der Waals surface area contributed by atoms with Crippen LogP contribution in [0.5, 0.6) is 0 Å². The standard InChI is InChI=1S/C16H23N3O2S.HI/c1-17-16(19-14-7-8-22(20,21)11-14)18-10-13-9-15(13)12-5-3-2-4-6-12;/h2-6,13-15H,7-11H2,1H3,(H2,17,18,19);1H. The monoisotopic (exact) mass is 449 g/mol. The molecule has 0 aromatic heterocycles. The SMILES string of the molecule is CN=C(NCC1CC1c1ccccc1)NC1CCS(=O)(=O)C1.I. The van der Waals surface area contributed by atoms with E-state index in [2.05, 4.69) is 39.9 Å². The third-order valence-electron chi connectivity index (χ3n) is 4.48. The molecule has 1 aromatic rings. The van der Waals surface area contributed by atoms with Crippen LogP contribution in [0.15, 0.2) is 35.3 Å². The smallest absolute Gasteiger partial charge is 0.191 e. The van der Waals surface area contributed by atoms with Crippen molar-refractivity contribution in [2.45, 2.75) is 24.8 Å². The van der Waals surface area contributed by atoms with Crippen LogP contribution in [0.4, 0.5) is 0 Å². The van der Waals surface area contributed by atoms with Gasteiger partial charge in [0.15, 0.2) is 15.8 Å². The molecule has 1 aromatic carbocycles. The highest BCUT2D eigenvalue weighted by molar-refractivity contribution is 14.0. The van der Waals surface area contributed by atoms with Crippen LogP contribution in [-0.4, -0.2) is 45.5 Å². The molecule has 0 amide bonds. The van der Waals surface area contributed by atoms with Crippen molar-refractivity contribution in [3.05, 3.63) is 35.9 Å². The first-order chi connectivity index (χ1) is 10.6. The van der Waals surface area contributed by atoms with E-state index < -0.39 is 9.84 Å². The topological polar surface area (TPSA) is 70.6 Å². The fraction of sp³-hybridized carbons (Fsp3) is 0.562. The van der Waals surface area contributed by atoms with E-state index in [-0.39, 0.29) is 41.5 Å². The lowest BCUT2D eigenvalue weighted by molar-refractivity contribution is 0.599. The summed E-state index contributed by atoms with van der Waals surface area (Å²) in [6.07, 6.45) is 1.87. The molecule has 1 saturated heterocycles. The molecular formula is C16H24IN3O2S. The van der Waals surface area contributed by atoms with Crippen LogP contribution in [-0.2, 0) is 9.84 Å². The maximum atomic E-state index is 11.5. The number of guanidine groups is 1. The van der Waals surface area contributed by atoms with Crippen molar-refractivity contribution < 1.29 is 8.42 Å². The van der Waals surface area contributed by atoms with E-state index in [4.69, 9.17) is 0 Å². The fourth-order valence-corrected chi connectivity index (χ4v) is 4.78. The summed E-state index contributed by atoms with van der Waals surface area (Å²) in [4.78, 5) is 4.20. The van der Waals surface area contributed by atoms with Gasteiger partial charge in [0.1, 0.15) is 0 Å². The number of rotatable bonds is 4. The Balaban J connectivity index is 0.00000192. The molecule has 3 atom stereocenters. The van der Waals surface area contributed by atoms with Gasteiger partial charge in [-0.2, -0.15) is 0 Å². The first kappa shape index (κ1) is 18.5. The summed E-state index contributed by atoms with van der Waals surface area (Å²) in [6, 6.07) is 10.6. The van der Waals surface area contributed by atoms with Crippen molar-refractivity contribution in [1.82, 2.24) is 10.6 Å². The van der Waals surface area contributed by atoms with E-state index in [1.807, 2.05) is 6.07 Å². The number of hydrogen-bond acceptors (Lipinski definition) is 3. The van der Waals surface area contributed by atoms with Gasteiger partial charge in [-0.3, -0.25) is 4.99 Å². The van der Waals surface area contributed by atoms with E-state index in [1.54, 1.807) is 7.05 Å². The Morgan fingerprint density at radius 2 is 2.04 bits per heavy atom. The molecule has 5 nitrogen and oxygen atoms in total. The van der Waals surface area contributed by atoms with Crippen LogP contribution in [0.1, 0.15) is 24.3 Å².